The van der Waals surface area contributed by atoms with Gasteiger partial charge in [-0.05, 0) is 30.5 Å². The third kappa shape index (κ3) is 4.32. The van der Waals surface area contributed by atoms with Crippen molar-refractivity contribution in [3.05, 3.63) is 65.7 Å². The van der Waals surface area contributed by atoms with Gasteiger partial charge in [0.2, 0.25) is 11.8 Å². The minimum Gasteiger partial charge on any atom is -0.383 e. The predicted molar refractivity (Wildman–Crippen MR) is 114 cm³/mol. The molecular weight excluding hydrogens is 397 g/mol. The van der Waals surface area contributed by atoms with Gasteiger partial charge in [-0.25, -0.2) is 4.39 Å². The molecule has 2 aromatic rings. The van der Waals surface area contributed by atoms with Gasteiger partial charge in [-0.2, -0.15) is 0 Å². The van der Waals surface area contributed by atoms with Crippen molar-refractivity contribution in [3.8, 4) is 0 Å². The number of aromatic nitrogens is 1. The van der Waals surface area contributed by atoms with Gasteiger partial charge in [0.15, 0.2) is 0 Å². The fourth-order valence-electron chi connectivity index (χ4n) is 5.09. The summed E-state index contributed by atoms with van der Waals surface area (Å²) in [7, 11) is 1.65. The molecule has 2 fully saturated rings. The first-order valence-corrected chi connectivity index (χ1v) is 10.8. The monoisotopic (exact) mass is 425 g/mol. The molecule has 0 saturated carbocycles. The molecule has 1 atom stereocenters. The van der Waals surface area contributed by atoms with Crippen LogP contribution in [0.1, 0.15) is 36.4 Å². The van der Waals surface area contributed by atoms with Crippen molar-refractivity contribution in [2.45, 2.75) is 37.1 Å². The van der Waals surface area contributed by atoms with Crippen molar-refractivity contribution in [1.29, 1.82) is 0 Å². The second kappa shape index (κ2) is 9.14. The standard InChI is InChI=1S/C24H28FN3O3/c1-31-14-13-28-23(30)16-21(18-5-3-2-4-6-18)24(28)9-11-27(12-10-24)22(29)15-20-8-7-19(25)17-26-20/h2-8,17,21H,9-16H2,1H3. The number of rotatable bonds is 6. The Morgan fingerprint density at radius 3 is 2.58 bits per heavy atom. The highest BCUT2D eigenvalue weighted by Gasteiger charge is 2.54. The molecule has 0 bridgehead atoms. The molecule has 7 heteroatoms. The van der Waals surface area contributed by atoms with Crippen LogP contribution in [0.25, 0.3) is 0 Å². The molecule has 2 amide bonds. The largest absolute Gasteiger partial charge is 0.383 e. The minimum absolute atomic E-state index is 0.0158. The van der Waals surface area contributed by atoms with Crippen LogP contribution in [0.3, 0.4) is 0 Å². The number of ether oxygens (including phenoxy) is 1. The highest BCUT2D eigenvalue weighted by molar-refractivity contribution is 5.82. The summed E-state index contributed by atoms with van der Waals surface area (Å²) in [5.74, 6) is -0.168. The van der Waals surface area contributed by atoms with Crippen LogP contribution in [0.2, 0.25) is 0 Å². The zero-order valence-electron chi connectivity index (χ0n) is 17.8. The molecule has 1 unspecified atom stereocenters. The van der Waals surface area contributed by atoms with E-state index in [-0.39, 0.29) is 29.7 Å². The molecule has 2 saturated heterocycles. The second-order valence-electron chi connectivity index (χ2n) is 8.33. The molecule has 0 N–H and O–H groups in total. The lowest BCUT2D eigenvalue weighted by Crippen LogP contribution is -2.57. The Kier molecular flexibility index (Phi) is 6.32. The van der Waals surface area contributed by atoms with E-state index in [1.54, 1.807) is 13.2 Å². The van der Waals surface area contributed by atoms with Gasteiger partial charge < -0.3 is 14.5 Å². The van der Waals surface area contributed by atoms with Crippen molar-refractivity contribution >= 4 is 11.8 Å². The first kappa shape index (κ1) is 21.4. The molecule has 3 heterocycles. The molecule has 4 rings (SSSR count). The first-order chi connectivity index (χ1) is 15.0. The molecular formula is C24H28FN3O3. The fraction of sp³-hybridized carbons (Fsp3) is 0.458. The number of benzene rings is 1. The Morgan fingerprint density at radius 2 is 1.94 bits per heavy atom. The quantitative estimate of drug-likeness (QED) is 0.714. The zero-order chi connectivity index (χ0) is 21.8. The van der Waals surface area contributed by atoms with Crippen molar-refractivity contribution < 1.29 is 18.7 Å². The number of pyridine rings is 1. The number of likely N-dealkylation sites (tertiary alicyclic amines) is 2. The molecule has 0 aliphatic carbocycles. The number of hydrogen-bond acceptors (Lipinski definition) is 4. The summed E-state index contributed by atoms with van der Waals surface area (Å²) in [6, 6.07) is 13.1. The van der Waals surface area contributed by atoms with Crippen molar-refractivity contribution in [2.75, 3.05) is 33.4 Å². The highest BCUT2D eigenvalue weighted by Crippen LogP contribution is 2.48. The van der Waals surface area contributed by atoms with E-state index in [9.17, 15) is 14.0 Å². The van der Waals surface area contributed by atoms with Gasteiger partial charge in [-0.15, -0.1) is 0 Å². The number of piperidine rings is 1. The lowest BCUT2D eigenvalue weighted by atomic mass is 9.73. The van der Waals surface area contributed by atoms with E-state index >= 15 is 0 Å². The topological polar surface area (TPSA) is 62.7 Å². The lowest BCUT2D eigenvalue weighted by molar-refractivity contribution is -0.137. The lowest BCUT2D eigenvalue weighted by Gasteiger charge is -2.48. The third-order valence-corrected chi connectivity index (χ3v) is 6.69. The highest BCUT2D eigenvalue weighted by atomic mass is 19.1. The van der Waals surface area contributed by atoms with Gasteiger partial charge in [0.25, 0.3) is 0 Å². The number of nitrogens with zero attached hydrogens (tertiary/aromatic N) is 3. The van der Waals surface area contributed by atoms with Gasteiger partial charge in [-0.3, -0.25) is 14.6 Å². The van der Waals surface area contributed by atoms with Crippen molar-refractivity contribution in [1.82, 2.24) is 14.8 Å². The van der Waals surface area contributed by atoms with Crippen LogP contribution in [0, 0.1) is 5.82 Å². The SMILES string of the molecule is COCCN1C(=O)CC(c2ccccc2)C12CCN(C(=O)Cc1ccc(F)cn1)CC2. The van der Waals surface area contributed by atoms with E-state index in [0.717, 1.165) is 19.0 Å². The summed E-state index contributed by atoms with van der Waals surface area (Å²) in [6.07, 6.45) is 3.23. The molecule has 1 aromatic carbocycles. The Balaban J connectivity index is 1.51. The minimum atomic E-state index is -0.412. The molecule has 2 aliphatic rings. The predicted octanol–water partition coefficient (Wildman–Crippen LogP) is 2.79. The molecule has 6 nitrogen and oxygen atoms in total. The van der Waals surface area contributed by atoms with Gasteiger partial charge in [-0.1, -0.05) is 30.3 Å². The van der Waals surface area contributed by atoms with Gasteiger partial charge in [0.1, 0.15) is 5.82 Å². The van der Waals surface area contributed by atoms with Gasteiger partial charge in [0, 0.05) is 44.8 Å². The van der Waals surface area contributed by atoms with Crippen LogP contribution in [0.4, 0.5) is 4.39 Å². The molecule has 164 valence electrons. The van der Waals surface area contributed by atoms with E-state index < -0.39 is 5.82 Å². The van der Waals surface area contributed by atoms with Crippen LogP contribution >= 0.6 is 0 Å². The first-order valence-electron chi connectivity index (χ1n) is 10.8. The Morgan fingerprint density at radius 1 is 1.19 bits per heavy atom. The molecule has 2 aliphatic heterocycles. The maximum Gasteiger partial charge on any atom is 0.228 e. The van der Waals surface area contributed by atoms with E-state index in [1.165, 1.54) is 11.6 Å². The van der Waals surface area contributed by atoms with E-state index in [0.29, 0.717) is 38.4 Å². The van der Waals surface area contributed by atoms with Gasteiger partial charge >= 0.3 is 0 Å². The normalized spacial score (nSPS) is 20.5. The van der Waals surface area contributed by atoms with E-state index in [2.05, 4.69) is 17.1 Å². The van der Waals surface area contributed by atoms with Crippen LogP contribution in [-0.4, -0.2) is 65.5 Å². The smallest absolute Gasteiger partial charge is 0.228 e. The average molecular weight is 426 g/mol. The van der Waals surface area contributed by atoms with Crippen molar-refractivity contribution in [2.24, 2.45) is 0 Å². The Bertz CT molecular complexity index is 911. The summed E-state index contributed by atoms with van der Waals surface area (Å²) in [5, 5.41) is 0. The number of carbonyl (C=O) groups is 2. The summed E-state index contributed by atoms with van der Waals surface area (Å²) in [4.78, 5) is 33.6. The maximum atomic E-state index is 13.1. The number of hydrogen-bond donors (Lipinski definition) is 0. The number of carbonyl (C=O) groups excluding carboxylic acids is 2. The third-order valence-electron chi connectivity index (χ3n) is 6.69. The number of methoxy groups -OCH3 is 1. The van der Waals surface area contributed by atoms with Crippen LogP contribution in [0.15, 0.2) is 48.7 Å². The number of halogens is 1. The van der Waals surface area contributed by atoms with Gasteiger partial charge in [0.05, 0.1) is 24.8 Å². The van der Waals surface area contributed by atoms with Crippen LogP contribution < -0.4 is 0 Å². The Labute approximate surface area is 182 Å². The second-order valence-corrected chi connectivity index (χ2v) is 8.33. The molecule has 1 spiro atoms. The van der Waals surface area contributed by atoms with Crippen LogP contribution in [0.5, 0.6) is 0 Å². The van der Waals surface area contributed by atoms with Crippen molar-refractivity contribution in [3.63, 3.8) is 0 Å². The summed E-state index contributed by atoms with van der Waals surface area (Å²) in [6.45, 7) is 2.22. The average Bonchev–Trinajstić information content (AvgIpc) is 3.05. The summed E-state index contributed by atoms with van der Waals surface area (Å²) in [5.41, 5.74) is 1.43. The maximum absolute atomic E-state index is 13.1. The molecule has 0 radical (unpaired) electrons. The zero-order valence-corrected chi connectivity index (χ0v) is 17.8. The number of amides is 2. The molecule has 31 heavy (non-hydrogen) atoms. The summed E-state index contributed by atoms with van der Waals surface area (Å²) >= 11 is 0. The van der Waals surface area contributed by atoms with E-state index in [4.69, 9.17) is 4.74 Å². The van der Waals surface area contributed by atoms with E-state index in [1.807, 2.05) is 28.0 Å². The molecule has 1 aromatic heterocycles. The summed E-state index contributed by atoms with van der Waals surface area (Å²) < 4.78 is 18.4. The fourth-order valence-corrected chi connectivity index (χ4v) is 5.09. The Hall–Kier alpha value is -2.80. The van der Waals surface area contributed by atoms with Crippen LogP contribution in [-0.2, 0) is 20.7 Å².